The van der Waals surface area contributed by atoms with Crippen LogP contribution in [0.15, 0.2) is 54.6 Å². The number of rotatable bonds is 3. The van der Waals surface area contributed by atoms with Crippen LogP contribution in [0, 0.1) is 11.8 Å². The van der Waals surface area contributed by atoms with E-state index in [0.717, 1.165) is 11.1 Å². The number of thioether (sulfide) groups is 1. The lowest BCUT2D eigenvalue weighted by Gasteiger charge is -2.55. The van der Waals surface area contributed by atoms with E-state index in [4.69, 9.17) is 21.1 Å². The fraction of sp³-hybridized carbons (Fsp3) is 0.458. The maximum Gasteiger partial charge on any atom is 0.309 e. The summed E-state index contributed by atoms with van der Waals surface area (Å²) in [4.78, 5) is 15.9. The van der Waals surface area contributed by atoms with Gasteiger partial charge in [0, 0.05) is 5.02 Å². The Kier molecular flexibility index (Phi) is 4.75. The van der Waals surface area contributed by atoms with Gasteiger partial charge in [-0.25, -0.2) is 0 Å². The second-order valence-electron chi connectivity index (χ2n) is 9.19. The summed E-state index contributed by atoms with van der Waals surface area (Å²) < 4.78 is 13.3. The average molecular weight is 444 g/mol. The number of nitrogens with zero attached hydrogens (tertiary/aromatic N) is 1. The van der Waals surface area contributed by atoms with Crippen molar-refractivity contribution in [2.75, 3.05) is 0 Å². The van der Waals surface area contributed by atoms with Crippen molar-refractivity contribution in [2.45, 2.75) is 55.9 Å². The highest BCUT2D eigenvalue weighted by molar-refractivity contribution is 8.00. The quantitative estimate of drug-likeness (QED) is 0.601. The Morgan fingerprint density at radius 1 is 1.03 bits per heavy atom. The summed E-state index contributed by atoms with van der Waals surface area (Å²) in [7, 11) is 0. The first-order valence-corrected chi connectivity index (χ1v) is 11.7. The highest BCUT2D eigenvalue weighted by Crippen LogP contribution is 2.66. The Morgan fingerprint density at radius 2 is 1.70 bits per heavy atom. The topological polar surface area (TPSA) is 38.8 Å². The molecular weight excluding hydrogens is 418 g/mol. The minimum atomic E-state index is -1.13. The zero-order chi connectivity index (χ0) is 21.3. The van der Waals surface area contributed by atoms with Crippen LogP contribution in [0.4, 0.5) is 0 Å². The van der Waals surface area contributed by atoms with Gasteiger partial charge in [-0.15, -0.1) is 0 Å². The Labute approximate surface area is 186 Å². The van der Waals surface area contributed by atoms with E-state index in [1.165, 1.54) is 0 Å². The Balaban J connectivity index is 1.65. The van der Waals surface area contributed by atoms with Crippen molar-refractivity contribution in [3.63, 3.8) is 0 Å². The Hall–Kier alpha value is -1.53. The van der Waals surface area contributed by atoms with Crippen LogP contribution in [0.2, 0.25) is 5.02 Å². The van der Waals surface area contributed by atoms with Crippen LogP contribution in [-0.4, -0.2) is 27.7 Å². The minimum Gasteiger partial charge on any atom is -0.316 e. The lowest BCUT2D eigenvalue weighted by atomic mass is 9.83. The first-order valence-electron chi connectivity index (χ1n) is 10.4. The van der Waals surface area contributed by atoms with Crippen LogP contribution in [0.3, 0.4) is 0 Å². The van der Waals surface area contributed by atoms with E-state index in [1.807, 2.05) is 47.4 Å². The van der Waals surface area contributed by atoms with E-state index >= 15 is 0 Å². The third kappa shape index (κ3) is 2.94. The van der Waals surface area contributed by atoms with Gasteiger partial charge in [-0.3, -0.25) is 9.69 Å². The van der Waals surface area contributed by atoms with Crippen molar-refractivity contribution in [2.24, 2.45) is 11.8 Å². The molecule has 2 bridgehead atoms. The van der Waals surface area contributed by atoms with Crippen molar-refractivity contribution in [1.82, 2.24) is 4.90 Å². The number of hydrogen-bond acceptors (Lipinski definition) is 4. The minimum absolute atomic E-state index is 0.0499. The first-order chi connectivity index (χ1) is 14.2. The number of carbonyl (C=O) groups excluding carboxylic acids is 1. The smallest absolute Gasteiger partial charge is 0.309 e. The lowest BCUT2D eigenvalue weighted by molar-refractivity contribution is -0.286. The van der Waals surface area contributed by atoms with Gasteiger partial charge in [0.2, 0.25) is 5.91 Å². The number of fused-ring (bicyclic) bond motifs is 2. The predicted molar refractivity (Wildman–Crippen MR) is 119 cm³/mol. The van der Waals surface area contributed by atoms with Gasteiger partial charge in [0.25, 0.3) is 0 Å². The van der Waals surface area contributed by atoms with Gasteiger partial charge >= 0.3 is 5.24 Å². The van der Waals surface area contributed by atoms with E-state index in [-0.39, 0.29) is 35.1 Å². The molecule has 0 saturated carbocycles. The number of hydrogen-bond donors (Lipinski definition) is 0. The van der Waals surface area contributed by atoms with Crippen LogP contribution in [0.5, 0.6) is 0 Å². The van der Waals surface area contributed by atoms with E-state index in [9.17, 15) is 4.79 Å². The number of carbonyl (C=O) groups is 1. The molecule has 0 aromatic heterocycles. The normalized spacial score (nSPS) is 34.5. The summed E-state index contributed by atoms with van der Waals surface area (Å²) in [5.74, 6) is 0.0216. The molecule has 4 aliphatic heterocycles. The molecule has 4 nitrogen and oxygen atoms in total. The van der Waals surface area contributed by atoms with Gasteiger partial charge in [-0.1, -0.05) is 79.7 Å². The van der Waals surface area contributed by atoms with Crippen molar-refractivity contribution in [3.8, 4) is 0 Å². The zero-order valence-electron chi connectivity index (χ0n) is 17.5. The molecule has 4 fully saturated rings. The van der Waals surface area contributed by atoms with Gasteiger partial charge in [-0.2, -0.15) is 0 Å². The van der Waals surface area contributed by atoms with Crippen molar-refractivity contribution >= 4 is 29.3 Å². The SMILES string of the molecule is CC(C)[C@H]1N2C(=O)[C@H]3[C@H](c4ccc(Cl)cc4)O[C@]2(OC1(C)C)S[C@H]3c1ccccc1. The summed E-state index contributed by atoms with van der Waals surface area (Å²) in [5.41, 5.74) is 1.56. The van der Waals surface area contributed by atoms with Gasteiger partial charge in [0.15, 0.2) is 0 Å². The third-order valence-electron chi connectivity index (χ3n) is 6.36. The van der Waals surface area contributed by atoms with Crippen LogP contribution < -0.4 is 0 Å². The summed E-state index contributed by atoms with van der Waals surface area (Å²) in [6.07, 6.45) is -0.390. The Bertz CT molecular complexity index is 964. The van der Waals surface area contributed by atoms with Gasteiger partial charge in [0.05, 0.1) is 22.8 Å². The molecule has 4 aliphatic rings. The van der Waals surface area contributed by atoms with Crippen molar-refractivity contribution < 1.29 is 14.3 Å². The highest BCUT2D eigenvalue weighted by Gasteiger charge is 2.71. The molecule has 6 rings (SSSR count). The zero-order valence-corrected chi connectivity index (χ0v) is 19.1. The summed E-state index contributed by atoms with van der Waals surface area (Å²) in [6, 6.07) is 17.8. The van der Waals surface area contributed by atoms with Crippen molar-refractivity contribution in [3.05, 3.63) is 70.7 Å². The maximum absolute atomic E-state index is 14.0. The highest BCUT2D eigenvalue weighted by atomic mass is 35.5. The molecule has 0 N–H and O–H groups in total. The number of amides is 1. The monoisotopic (exact) mass is 443 g/mol. The van der Waals surface area contributed by atoms with Crippen LogP contribution in [0.25, 0.3) is 0 Å². The van der Waals surface area contributed by atoms with E-state index < -0.39 is 10.8 Å². The fourth-order valence-electron chi connectivity index (χ4n) is 5.38. The second kappa shape index (κ2) is 6.99. The molecule has 2 aromatic carbocycles. The Morgan fingerprint density at radius 3 is 2.33 bits per heavy atom. The summed E-state index contributed by atoms with van der Waals surface area (Å²) >= 11 is 7.73. The molecule has 0 aliphatic carbocycles. The number of benzene rings is 2. The molecule has 5 atom stereocenters. The van der Waals surface area contributed by atoms with Crippen LogP contribution in [0.1, 0.15) is 50.2 Å². The lowest BCUT2D eigenvalue weighted by Crippen LogP contribution is -2.65. The second-order valence-corrected chi connectivity index (χ2v) is 10.9. The van der Waals surface area contributed by atoms with Gasteiger partial charge in [0.1, 0.15) is 6.10 Å². The number of halogens is 1. The molecular formula is C24H26ClNO3S. The standard InChI is InChI=1S/C24H26ClNO3S/c1-14(2)21-23(3,4)29-24-26(21)22(27)18(20(30-24)16-8-6-5-7-9-16)19(28-24)15-10-12-17(25)13-11-15/h5-14,18-21H,1-4H3/t18-,19-,20-,21+,24+/m0/s1. The maximum atomic E-state index is 14.0. The molecule has 158 valence electrons. The molecule has 6 heteroatoms. The molecule has 0 radical (unpaired) electrons. The summed E-state index contributed by atoms with van der Waals surface area (Å²) in [6.45, 7) is 8.40. The van der Waals surface area contributed by atoms with Crippen LogP contribution in [-0.2, 0) is 14.3 Å². The van der Waals surface area contributed by atoms with Crippen molar-refractivity contribution in [1.29, 1.82) is 0 Å². The molecule has 2 aromatic rings. The summed E-state index contributed by atoms with van der Waals surface area (Å²) in [5, 5.41) is -0.515. The number of ether oxygens (including phenoxy) is 2. The predicted octanol–water partition coefficient (Wildman–Crippen LogP) is 5.79. The van der Waals surface area contributed by atoms with Crippen LogP contribution >= 0.6 is 23.4 Å². The first kappa shape index (κ1) is 20.4. The molecule has 4 heterocycles. The van der Waals surface area contributed by atoms with E-state index in [1.54, 1.807) is 11.8 Å². The molecule has 4 saturated heterocycles. The third-order valence-corrected chi connectivity index (χ3v) is 8.11. The van der Waals surface area contributed by atoms with Gasteiger partial charge < -0.3 is 9.47 Å². The fourth-order valence-corrected chi connectivity index (χ4v) is 7.26. The average Bonchev–Trinajstić information content (AvgIpc) is 2.95. The van der Waals surface area contributed by atoms with E-state index in [2.05, 4.69) is 39.8 Å². The largest absolute Gasteiger partial charge is 0.316 e. The molecule has 30 heavy (non-hydrogen) atoms. The van der Waals surface area contributed by atoms with E-state index in [0.29, 0.717) is 5.02 Å². The molecule has 1 amide bonds. The van der Waals surface area contributed by atoms with Gasteiger partial charge in [-0.05, 0) is 43.0 Å². The molecule has 1 spiro atoms. The molecule has 0 unspecified atom stereocenters.